The summed E-state index contributed by atoms with van der Waals surface area (Å²) in [6.45, 7) is 4.21. The third kappa shape index (κ3) is 1.63. The topological polar surface area (TPSA) is 64.3 Å². The van der Waals surface area contributed by atoms with Crippen molar-refractivity contribution in [3.05, 3.63) is 29.8 Å². The Hall–Kier alpha value is -2.63. The molecule has 0 radical (unpaired) electrons. The summed E-state index contributed by atoms with van der Waals surface area (Å²) < 4.78 is 3.77. The molecule has 6 heteroatoms. The summed E-state index contributed by atoms with van der Waals surface area (Å²) in [6, 6.07) is 0. The molecule has 0 bridgehead atoms. The van der Waals surface area contributed by atoms with Crippen molar-refractivity contribution in [1.29, 1.82) is 0 Å². The van der Waals surface area contributed by atoms with Crippen LogP contribution in [0.3, 0.4) is 0 Å². The maximum Gasteiger partial charge on any atom is 0.140 e. The minimum Gasteiger partial charge on any atom is -0.339 e. The van der Waals surface area contributed by atoms with Crippen molar-refractivity contribution in [2.45, 2.75) is 20.3 Å². The number of pyridine rings is 1. The second-order valence-corrected chi connectivity index (χ2v) is 5.69. The van der Waals surface area contributed by atoms with Crippen LogP contribution < -0.4 is 0 Å². The van der Waals surface area contributed by atoms with Crippen molar-refractivity contribution in [3.8, 4) is 11.3 Å². The molecule has 112 valence electrons. The van der Waals surface area contributed by atoms with Crippen molar-refractivity contribution in [1.82, 2.24) is 29.5 Å². The largest absolute Gasteiger partial charge is 0.339 e. The van der Waals surface area contributed by atoms with E-state index in [4.69, 9.17) is 0 Å². The first-order chi connectivity index (χ1) is 10.6. The molecule has 0 fully saturated rings. The van der Waals surface area contributed by atoms with Gasteiger partial charge in [0.05, 0.1) is 23.1 Å². The average Bonchev–Trinajstić information content (AvgIpc) is 3.13. The van der Waals surface area contributed by atoms with Crippen molar-refractivity contribution in [2.24, 2.45) is 14.1 Å². The van der Waals surface area contributed by atoms with Gasteiger partial charge in [0.2, 0.25) is 0 Å². The summed E-state index contributed by atoms with van der Waals surface area (Å²) in [7, 11) is 3.92. The number of aromatic amines is 1. The smallest absolute Gasteiger partial charge is 0.140 e. The van der Waals surface area contributed by atoms with Gasteiger partial charge in [0.25, 0.3) is 0 Å². The number of hydrogen-bond acceptors (Lipinski definition) is 3. The van der Waals surface area contributed by atoms with E-state index in [2.05, 4.69) is 33.3 Å². The van der Waals surface area contributed by atoms with Crippen LogP contribution in [0.15, 0.2) is 18.6 Å². The molecular formula is C16H18N6. The average molecular weight is 294 g/mol. The van der Waals surface area contributed by atoms with Gasteiger partial charge in [-0.1, -0.05) is 6.92 Å². The van der Waals surface area contributed by atoms with Crippen molar-refractivity contribution >= 4 is 21.9 Å². The van der Waals surface area contributed by atoms with E-state index in [0.717, 1.165) is 39.9 Å². The zero-order valence-corrected chi connectivity index (χ0v) is 13.2. The molecule has 1 N–H and O–H groups in total. The van der Waals surface area contributed by atoms with Gasteiger partial charge in [-0.05, 0) is 18.9 Å². The molecule has 4 heterocycles. The first kappa shape index (κ1) is 13.1. The lowest BCUT2D eigenvalue weighted by molar-refractivity contribution is 0.756. The number of nitrogens with zero attached hydrogens (tertiary/aromatic N) is 5. The first-order valence-corrected chi connectivity index (χ1v) is 7.42. The van der Waals surface area contributed by atoms with Crippen LogP contribution in [0, 0.1) is 6.92 Å². The Kier molecular flexibility index (Phi) is 2.63. The predicted octanol–water partition coefficient (Wildman–Crippen LogP) is 2.72. The Morgan fingerprint density at radius 3 is 2.73 bits per heavy atom. The van der Waals surface area contributed by atoms with E-state index in [1.54, 1.807) is 0 Å². The van der Waals surface area contributed by atoms with Crippen LogP contribution in [0.1, 0.15) is 18.2 Å². The number of aromatic nitrogens is 6. The fourth-order valence-corrected chi connectivity index (χ4v) is 3.29. The molecule has 0 saturated carbocycles. The molecule has 0 atom stereocenters. The molecule has 4 aromatic heterocycles. The number of H-pyrrole nitrogens is 1. The summed E-state index contributed by atoms with van der Waals surface area (Å²) in [5.74, 6) is 0. The Bertz CT molecular complexity index is 1000. The van der Waals surface area contributed by atoms with Crippen LogP contribution in [-0.4, -0.2) is 29.5 Å². The molecule has 4 aromatic rings. The number of nitrogens with one attached hydrogen (secondary N) is 1. The predicted molar refractivity (Wildman–Crippen MR) is 86.7 cm³/mol. The molecule has 22 heavy (non-hydrogen) atoms. The minimum absolute atomic E-state index is 0.909. The van der Waals surface area contributed by atoms with Crippen molar-refractivity contribution in [2.75, 3.05) is 0 Å². The highest BCUT2D eigenvalue weighted by molar-refractivity contribution is 6.06. The van der Waals surface area contributed by atoms with Crippen LogP contribution in [0.2, 0.25) is 0 Å². The van der Waals surface area contributed by atoms with Crippen LogP contribution in [0.5, 0.6) is 0 Å². The molecule has 0 saturated heterocycles. The van der Waals surface area contributed by atoms with Crippen LogP contribution >= 0.6 is 0 Å². The molecule has 0 aliphatic carbocycles. The molecule has 4 rings (SSSR count). The summed E-state index contributed by atoms with van der Waals surface area (Å²) >= 11 is 0. The lowest BCUT2D eigenvalue weighted by atomic mass is 10.0. The van der Waals surface area contributed by atoms with Gasteiger partial charge in [0.15, 0.2) is 0 Å². The van der Waals surface area contributed by atoms with Crippen LogP contribution in [0.25, 0.3) is 33.2 Å². The molecule has 0 amide bonds. The minimum atomic E-state index is 0.909. The zero-order chi connectivity index (χ0) is 15.4. The quantitative estimate of drug-likeness (QED) is 0.618. The van der Waals surface area contributed by atoms with E-state index < -0.39 is 0 Å². The third-order valence-electron chi connectivity index (χ3n) is 4.26. The van der Waals surface area contributed by atoms with Gasteiger partial charge in [-0.25, -0.2) is 4.98 Å². The fourth-order valence-electron chi connectivity index (χ4n) is 3.29. The summed E-state index contributed by atoms with van der Waals surface area (Å²) in [5.41, 5.74) is 6.58. The maximum atomic E-state index is 4.58. The lowest BCUT2D eigenvalue weighted by Gasteiger charge is -2.02. The van der Waals surface area contributed by atoms with E-state index >= 15 is 0 Å². The van der Waals surface area contributed by atoms with E-state index in [0.29, 0.717) is 0 Å². The SMILES string of the molecule is CCc1c(-c2cn(C)nc2C)[nH]c2ncc3cnn(C)c3c12. The first-order valence-electron chi connectivity index (χ1n) is 7.42. The van der Waals surface area contributed by atoms with Crippen LogP contribution in [-0.2, 0) is 20.5 Å². The van der Waals surface area contributed by atoms with E-state index in [-0.39, 0.29) is 0 Å². The Labute approximate surface area is 127 Å². The molecule has 0 aliphatic heterocycles. The van der Waals surface area contributed by atoms with Crippen LogP contribution in [0.4, 0.5) is 0 Å². The fraction of sp³-hybridized carbons (Fsp3) is 0.312. The van der Waals surface area contributed by atoms with Gasteiger partial charge in [-0.2, -0.15) is 10.2 Å². The van der Waals surface area contributed by atoms with E-state index in [1.165, 1.54) is 10.9 Å². The summed E-state index contributed by atoms with van der Waals surface area (Å²) in [6.07, 6.45) is 6.72. The van der Waals surface area contributed by atoms with Gasteiger partial charge in [0, 0.05) is 42.8 Å². The van der Waals surface area contributed by atoms with Gasteiger partial charge >= 0.3 is 0 Å². The molecule has 0 aliphatic rings. The molecule has 6 nitrogen and oxygen atoms in total. The zero-order valence-electron chi connectivity index (χ0n) is 13.2. The number of fused-ring (bicyclic) bond motifs is 3. The van der Waals surface area contributed by atoms with Gasteiger partial charge in [-0.3, -0.25) is 9.36 Å². The van der Waals surface area contributed by atoms with Gasteiger partial charge in [-0.15, -0.1) is 0 Å². The Morgan fingerprint density at radius 2 is 2.05 bits per heavy atom. The number of rotatable bonds is 2. The van der Waals surface area contributed by atoms with Crippen molar-refractivity contribution < 1.29 is 0 Å². The lowest BCUT2D eigenvalue weighted by Crippen LogP contribution is -1.92. The Balaban J connectivity index is 2.15. The summed E-state index contributed by atoms with van der Waals surface area (Å²) in [5, 5.41) is 11.1. The standard InChI is InChI=1S/C16H18N6/c1-5-11-13-15-10(7-18-22(15)4)6-17-16(13)19-14(11)12-8-21(3)20-9(12)2/h6-8H,5H2,1-4H3,(H,17,19). The maximum absolute atomic E-state index is 4.58. The number of hydrogen-bond donors (Lipinski definition) is 1. The van der Waals surface area contributed by atoms with Gasteiger partial charge < -0.3 is 4.98 Å². The highest BCUT2D eigenvalue weighted by Crippen LogP contribution is 2.35. The monoisotopic (exact) mass is 294 g/mol. The molecule has 0 spiro atoms. The van der Waals surface area contributed by atoms with E-state index in [1.807, 2.05) is 42.8 Å². The van der Waals surface area contributed by atoms with Gasteiger partial charge in [0.1, 0.15) is 5.65 Å². The molecule has 0 unspecified atom stereocenters. The van der Waals surface area contributed by atoms with E-state index in [9.17, 15) is 0 Å². The summed E-state index contributed by atoms with van der Waals surface area (Å²) in [4.78, 5) is 8.07. The highest BCUT2D eigenvalue weighted by atomic mass is 15.3. The Morgan fingerprint density at radius 1 is 1.23 bits per heavy atom. The highest BCUT2D eigenvalue weighted by Gasteiger charge is 2.19. The molecular weight excluding hydrogens is 276 g/mol. The third-order valence-corrected chi connectivity index (χ3v) is 4.26. The van der Waals surface area contributed by atoms with Crippen molar-refractivity contribution in [3.63, 3.8) is 0 Å². The number of aryl methyl sites for hydroxylation is 4. The second-order valence-electron chi connectivity index (χ2n) is 5.69. The normalized spacial score (nSPS) is 11.8. The second kappa shape index (κ2) is 4.43. The molecule has 0 aromatic carbocycles.